The van der Waals surface area contributed by atoms with Crippen molar-refractivity contribution in [1.82, 2.24) is 0 Å². The molecular formula is C13H19BrO. The minimum absolute atomic E-state index is 0.560. The number of rotatable bonds is 5. The lowest BCUT2D eigenvalue weighted by Gasteiger charge is -2.12. The number of hydrogen-bond donors (Lipinski definition) is 0. The Bertz CT molecular complexity index is 296. The molecule has 0 bridgehead atoms. The number of hydrogen-bond acceptors (Lipinski definition) is 1. The van der Waals surface area contributed by atoms with Crippen LogP contribution in [0, 0.1) is 5.92 Å². The van der Waals surface area contributed by atoms with Gasteiger partial charge in [0, 0.05) is 4.83 Å². The highest BCUT2D eigenvalue weighted by molar-refractivity contribution is 9.09. The van der Waals surface area contributed by atoms with Gasteiger partial charge in [-0.25, -0.2) is 0 Å². The largest absolute Gasteiger partial charge is 0.497 e. The Morgan fingerprint density at radius 1 is 1.33 bits per heavy atom. The molecular weight excluding hydrogens is 252 g/mol. The molecule has 15 heavy (non-hydrogen) atoms. The van der Waals surface area contributed by atoms with Crippen LogP contribution in [0.5, 0.6) is 5.75 Å². The minimum atomic E-state index is 0.560. The minimum Gasteiger partial charge on any atom is -0.497 e. The Morgan fingerprint density at radius 2 is 2.07 bits per heavy atom. The molecule has 2 heteroatoms. The maximum atomic E-state index is 5.20. The van der Waals surface area contributed by atoms with Crippen LogP contribution in [0.4, 0.5) is 0 Å². The van der Waals surface area contributed by atoms with Crippen molar-refractivity contribution in [2.24, 2.45) is 5.92 Å². The molecule has 1 rings (SSSR count). The highest BCUT2D eigenvalue weighted by atomic mass is 79.9. The van der Waals surface area contributed by atoms with E-state index in [2.05, 4.69) is 41.9 Å². The van der Waals surface area contributed by atoms with Crippen LogP contribution in [0.3, 0.4) is 0 Å². The summed E-state index contributed by atoms with van der Waals surface area (Å²) < 4.78 is 5.20. The number of ether oxygens (including phenoxy) is 1. The van der Waals surface area contributed by atoms with E-state index < -0.39 is 0 Å². The highest BCUT2D eigenvalue weighted by Crippen LogP contribution is 2.20. The normalized spacial score (nSPS) is 12.9. The van der Waals surface area contributed by atoms with Crippen molar-refractivity contribution < 1.29 is 4.74 Å². The van der Waals surface area contributed by atoms with Gasteiger partial charge in [-0.15, -0.1) is 0 Å². The van der Waals surface area contributed by atoms with E-state index in [1.54, 1.807) is 7.11 Å². The van der Waals surface area contributed by atoms with Crippen LogP contribution in [0.25, 0.3) is 0 Å². The van der Waals surface area contributed by atoms with Gasteiger partial charge in [-0.05, 0) is 36.5 Å². The molecule has 0 amide bonds. The molecule has 1 aromatic carbocycles. The van der Waals surface area contributed by atoms with Gasteiger partial charge in [0.1, 0.15) is 5.75 Å². The highest BCUT2D eigenvalue weighted by Gasteiger charge is 2.08. The van der Waals surface area contributed by atoms with Gasteiger partial charge in [0.15, 0.2) is 0 Å². The van der Waals surface area contributed by atoms with Crippen LogP contribution >= 0.6 is 15.9 Å². The molecule has 0 aliphatic carbocycles. The summed E-state index contributed by atoms with van der Waals surface area (Å²) in [6.07, 6.45) is 2.27. The maximum absolute atomic E-state index is 5.20. The molecule has 0 radical (unpaired) electrons. The number of alkyl halides is 1. The summed E-state index contributed by atoms with van der Waals surface area (Å²) in [5.41, 5.74) is 1.33. The summed E-state index contributed by atoms with van der Waals surface area (Å²) in [4.78, 5) is 0.560. The van der Waals surface area contributed by atoms with E-state index in [4.69, 9.17) is 4.74 Å². The zero-order valence-corrected chi connectivity index (χ0v) is 11.3. The van der Waals surface area contributed by atoms with Gasteiger partial charge in [0.25, 0.3) is 0 Å². The fraction of sp³-hybridized carbons (Fsp3) is 0.538. The van der Waals surface area contributed by atoms with Crippen LogP contribution in [-0.2, 0) is 6.42 Å². The van der Waals surface area contributed by atoms with E-state index in [1.165, 1.54) is 12.0 Å². The van der Waals surface area contributed by atoms with Gasteiger partial charge < -0.3 is 4.74 Å². The van der Waals surface area contributed by atoms with Crippen LogP contribution in [0.15, 0.2) is 24.3 Å². The van der Waals surface area contributed by atoms with E-state index in [0.29, 0.717) is 4.83 Å². The van der Waals surface area contributed by atoms with Crippen LogP contribution in [-0.4, -0.2) is 11.9 Å². The summed E-state index contributed by atoms with van der Waals surface area (Å²) in [6, 6.07) is 8.28. The molecule has 0 N–H and O–H groups in total. The maximum Gasteiger partial charge on any atom is 0.119 e. The van der Waals surface area contributed by atoms with Gasteiger partial charge >= 0.3 is 0 Å². The molecule has 0 saturated heterocycles. The molecule has 1 nitrogen and oxygen atoms in total. The smallest absolute Gasteiger partial charge is 0.119 e. The molecule has 0 aliphatic heterocycles. The lowest BCUT2D eigenvalue weighted by molar-refractivity contribution is 0.414. The predicted molar refractivity (Wildman–Crippen MR) is 68.9 cm³/mol. The van der Waals surface area contributed by atoms with Gasteiger partial charge in [0.2, 0.25) is 0 Å². The first-order valence-electron chi connectivity index (χ1n) is 5.38. The average Bonchev–Trinajstić information content (AvgIpc) is 2.16. The molecule has 0 aromatic heterocycles. The topological polar surface area (TPSA) is 9.23 Å². The van der Waals surface area contributed by atoms with Gasteiger partial charge in [-0.2, -0.15) is 0 Å². The number of benzene rings is 1. The van der Waals surface area contributed by atoms with Crippen molar-refractivity contribution >= 4 is 15.9 Å². The molecule has 0 saturated carbocycles. The molecule has 84 valence electrons. The Balaban J connectivity index is 2.55. The lowest BCUT2D eigenvalue weighted by Crippen LogP contribution is -2.06. The monoisotopic (exact) mass is 270 g/mol. The zero-order chi connectivity index (χ0) is 11.3. The summed E-state index contributed by atoms with van der Waals surface area (Å²) >= 11 is 3.72. The van der Waals surface area contributed by atoms with Crippen molar-refractivity contribution in [2.75, 3.05) is 7.11 Å². The SMILES string of the molecule is COc1cccc(CC(Br)CC(C)C)c1. The predicted octanol–water partition coefficient (Wildman–Crippen LogP) is 4.05. The third-order valence-corrected chi connectivity index (χ3v) is 3.02. The summed E-state index contributed by atoms with van der Waals surface area (Å²) in [5, 5.41) is 0. The first-order chi connectivity index (χ1) is 7.11. The van der Waals surface area contributed by atoms with Crippen molar-refractivity contribution in [2.45, 2.75) is 31.5 Å². The van der Waals surface area contributed by atoms with E-state index in [-0.39, 0.29) is 0 Å². The van der Waals surface area contributed by atoms with E-state index in [0.717, 1.165) is 18.1 Å². The third kappa shape index (κ3) is 4.70. The standard InChI is InChI=1S/C13H19BrO/c1-10(2)7-12(14)8-11-5-4-6-13(9-11)15-3/h4-6,9-10,12H,7-8H2,1-3H3. The van der Waals surface area contributed by atoms with Crippen LogP contribution in [0.2, 0.25) is 0 Å². The number of methoxy groups -OCH3 is 1. The second-order valence-electron chi connectivity index (χ2n) is 4.28. The molecule has 0 heterocycles. The summed E-state index contributed by atoms with van der Waals surface area (Å²) in [6.45, 7) is 4.50. The van der Waals surface area contributed by atoms with Crippen LogP contribution < -0.4 is 4.74 Å². The van der Waals surface area contributed by atoms with Gasteiger partial charge in [0.05, 0.1) is 7.11 Å². The summed E-state index contributed by atoms with van der Waals surface area (Å²) in [7, 11) is 1.71. The van der Waals surface area contributed by atoms with E-state index in [9.17, 15) is 0 Å². The molecule has 1 atom stereocenters. The Kier molecular flexibility index (Phi) is 5.16. The van der Waals surface area contributed by atoms with Crippen molar-refractivity contribution in [3.05, 3.63) is 29.8 Å². The van der Waals surface area contributed by atoms with Gasteiger partial charge in [-0.1, -0.05) is 41.9 Å². The fourth-order valence-electron chi connectivity index (χ4n) is 1.65. The molecule has 0 aliphatic rings. The first kappa shape index (κ1) is 12.6. The van der Waals surface area contributed by atoms with E-state index >= 15 is 0 Å². The van der Waals surface area contributed by atoms with Crippen molar-refractivity contribution in [1.29, 1.82) is 0 Å². The molecule has 1 unspecified atom stereocenters. The number of halogens is 1. The molecule has 0 fully saturated rings. The van der Waals surface area contributed by atoms with Crippen molar-refractivity contribution in [3.63, 3.8) is 0 Å². The van der Waals surface area contributed by atoms with Crippen LogP contribution in [0.1, 0.15) is 25.8 Å². The Labute approximate surface area is 101 Å². The Hall–Kier alpha value is -0.500. The quantitative estimate of drug-likeness (QED) is 0.734. The molecule has 1 aromatic rings. The fourth-order valence-corrected chi connectivity index (χ4v) is 2.77. The third-order valence-electron chi connectivity index (χ3n) is 2.32. The second-order valence-corrected chi connectivity index (χ2v) is 5.58. The Morgan fingerprint density at radius 3 is 2.67 bits per heavy atom. The van der Waals surface area contributed by atoms with E-state index in [1.807, 2.05) is 12.1 Å². The second kappa shape index (κ2) is 6.16. The van der Waals surface area contributed by atoms with Gasteiger partial charge in [-0.3, -0.25) is 0 Å². The lowest BCUT2D eigenvalue weighted by atomic mass is 10.0. The summed E-state index contributed by atoms with van der Waals surface area (Å²) in [5.74, 6) is 1.68. The zero-order valence-electron chi connectivity index (χ0n) is 9.66. The van der Waals surface area contributed by atoms with Crippen molar-refractivity contribution in [3.8, 4) is 5.75 Å². The average molecular weight is 271 g/mol. The molecule has 0 spiro atoms. The first-order valence-corrected chi connectivity index (χ1v) is 6.30.